The van der Waals surface area contributed by atoms with Gasteiger partial charge in [0.25, 0.3) is 11.4 Å². The topological polar surface area (TPSA) is 99.6 Å². The Labute approximate surface area is 159 Å². The molecule has 142 valence electrons. The molecule has 2 aromatic heterocycles. The summed E-state index contributed by atoms with van der Waals surface area (Å²) in [5, 5.41) is 15.2. The molecule has 0 aliphatic carbocycles. The van der Waals surface area contributed by atoms with E-state index in [1.165, 1.54) is 18.8 Å². The summed E-state index contributed by atoms with van der Waals surface area (Å²) in [7, 11) is 4.66. The Morgan fingerprint density at radius 1 is 1.07 bits per heavy atom. The van der Waals surface area contributed by atoms with Crippen LogP contribution in [0.5, 0.6) is 17.2 Å². The lowest BCUT2D eigenvalue weighted by Gasteiger charge is -2.10. The Bertz CT molecular complexity index is 1240. The van der Waals surface area contributed by atoms with Gasteiger partial charge in [-0.3, -0.25) is 4.79 Å². The van der Waals surface area contributed by atoms with Gasteiger partial charge in [-0.2, -0.15) is 4.98 Å². The van der Waals surface area contributed by atoms with E-state index in [0.717, 1.165) is 0 Å². The molecule has 2 heterocycles. The van der Waals surface area contributed by atoms with E-state index >= 15 is 0 Å². The fourth-order valence-electron chi connectivity index (χ4n) is 3.17. The fourth-order valence-corrected chi connectivity index (χ4v) is 3.17. The lowest BCUT2D eigenvalue weighted by Crippen LogP contribution is -2.19. The maximum absolute atomic E-state index is 12.8. The van der Waals surface area contributed by atoms with Crippen molar-refractivity contribution in [3.05, 3.63) is 52.8 Å². The highest BCUT2D eigenvalue weighted by molar-refractivity contribution is 5.90. The molecule has 0 amide bonds. The van der Waals surface area contributed by atoms with E-state index in [-0.39, 0.29) is 23.0 Å². The zero-order chi connectivity index (χ0) is 19.8. The third-order valence-electron chi connectivity index (χ3n) is 4.56. The second kappa shape index (κ2) is 6.73. The van der Waals surface area contributed by atoms with Gasteiger partial charge in [0.05, 0.1) is 25.3 Å². The first-order valence-corrected chi connectivity index (χ1v) is 8.43. The number of aryl methyl sites for hydroxylation is 1. The fraction of sp³-hybridized carbons (Fsp3) is 0.150. The van der Waals surface area contributed by atoms with Crippen molar-refractivity contribution < 1.29 is 19.1 Å². The summed E-state index contributed by atoms with van der Waals surface area (Å²) in [6.45, 7) is 0. The summed E-state index contributed by atoms with van der Waals surface area (Å²) >= 11 is 0. The predicted octanol–water partition coefficient (Wildman–Crippen LogP) is 2.98. The molecule has 0 bridgehead atoms. The Balaban J connectivity index is 1.92. The Morgan fingerprint density at radius 3 is 2.61 bits per heavy atom. The maximum atomic E-state index is 12.8. The van der Waals surface area contributed by atoms with Crippen LogP contribution in [0.2, 0.25) is 0 Å². The predicted molar refractivity (Wildman–Crippen MR) is 103 cm³/mol. The number of hydrogen-bond donors (Lipinski definition) is 1. The zero-order valence-corrected chi connectivity index (χ0v) is 15.5. The highest BCUT2D eigenvalue weighted by Gasteiger charge is 2.23. The molecule has 2 aromatic carbocycles. The molecule has 8 nitrogen and oxygen atoms in total. The van der Waals surface area contributed by atoms with Crippen molar-refractivity contribution in [3.8, 4) is 40.1 Å². The normalized spacial score (nSPS) is 11.0. The summed E-state index contributed by atoms with van der Waals surface area (Å²) in [6.07, 6.45) is 0. The van der Waals surface area contributed by atoms with Crippen molar-refractivity contribution in [1.82, 2.24) is 14.7 Å². The molecule has 0 aliphatic heterocycles. The molecule has 0 unspecified atom stereocenters. The second-order valence-corrected chi connectivity index (χ2v) is 6.07. The van der Waals surface area contributed by atoms with Crippen molar-refractivity contribution in [1.29, 1.82) is 0 Å². The summed E-state index contributed by atoms with van der Waals surface area (Å²) in [5.41, 5.74) is 0.641. The van der Waals surface area contributed by atoms with Crippen LogP contribution in [0.25, 0.3) is 33.7 Å². The highest BCUT2D eigenvalue weighted by atomic mass is 16.5. The van der Waals surface area contributed by atoms with Crippen LogP contribution in [-0.4, -0.2) is 34.0 Å². The molecule has 28 heavy (non-hydrogen) atoms. The van der Waals surface area contributed by atoms with Crippen molar-refractivity contribution in [3.63, 3.8) is 0 Å². The zero-order valence-electron chi connectivity index (χ0n) is 15.5. The number of rotatable bonds is 4. The number of fused-ring (bicyclic) bond motifs is 1. The van der Waals surface area contributed by atoms with Crippen molar-refractivity contribution in [2.24, 2.45) is 7.05 Å². The monoisotopic (exact) mass is 379 g/mol. The first-order valence-electron chi connectivity index (χ1n) is 8.43. The van der Waals surface area contributed by atoms with E-state index in [0.29, 0.717) is 28.0 Å². The van der Waals surface area contributed by atoms with Gasteiger partial charge in [-0.05, 0) is 24.3 Å². The quantitative estimate of drug-likeness (QED) is 0.582. The standard InChI is InChI=1S/C20H17N3O5/c1-23-13-9-5-4-7-11(13)16(24)15(20(23)25)19-21-18(22-28-19)12-8-6-10-14(26-2)17(12)27-3/h4-10,24H,1-3H3. The molecule has 4 rings (SSSR count). The second-order valence-electron chi connectivity index (χ2n) is 6.07. The molecular weight excluding hydrogens is 362 g/mol. The minimum atomic E-state index is -0.441. The summed E-state index contributed by atoms with van der Waals surface area (Å²) in [6, 6.07) is 12.3. The molecule has 0 radical (unpaired) electrons. The van der Waals surface area contributed by atoms with Crippen molar-refractivity contribution >= 4 is 10.9 Å². The van der Waals surface area contributed by atoms with Gasteiger partial charge in [0.2, 0.25) is 5.82 Å². The molecule has 4 aromatic rings. The van der Waals surface area contributed by atoms with Gasteiger partial charge in [0.1, 0.15) is 11.3 Å². The summed E-state index contributed by atoms with van der Waals surface area (Å²) in [5.74, 6) is 0.874. The number of hydrogen-bond acceptors (Lipinski definition) is 7. The summed E-state index contributed by atoms with van der Waals surface area (Å²) in [4.78, 5) is 17.1. The van der Waals surface area contributed by atoms with Gasteiger partial charge in [0, 0.05) is 12.4 Å². The van der Waals surface area contributed by atoms with E-state index in [1.807, 2.05) is 0 Å². The average Bonchev–Trinajstić information content (AvgIpc) is 3.21. The van der Waals surface area contributed by atoms with Gasteiger partial charge in [-0.1, -0.05) is 23.4 Å². The van der Waals surface area contributed by atoms with E-state index in [2.05, 4.69) is 10.1 Å². The van der Waals surface area contributed by atoms with E-state index in [4.69, 9.17) is 14.0 Å². The van der Waals surface area contributed by atoms with Crippen LogP contribution in [-0.2, 0) is 7.05 Å². The number of pyridine rings is 1. The van der Waals surface area contributed by atoms with E-state index in [9.17, 15) is 9.90 Å². The smallest absolute Gasteiger partial charge is 0.267 e. The third-order valence-corrected chi connectivity index (χ3v) is 4.56. The molecule has 0 saturated carbocycles. The van der Waals surface area contributed by atoms with Gasteiger partial charge in [0.15, 0.2) is 11.5 Å². The largest absolute Gasteiger partial charge is 0.506 e. The van der Waals surface area contributed by atoms with Crippen molar-refractivity contribution in [2.45, 2.75) is 0 Å². The van der Waals surface area contributed by atoms with Crippen molar-refractivity contribution in [2.75, 3.05) is 14.2 Å². The number of ether oxygens (including phenoxy) is 2. The van der Waals surface area contributed by atoms with Gasteiger partial charge >= 0.3 is 0 Å². The minimum absolute atomic E-state index is 0.0539. The van der Waals surface area contributed by atoms with Crippen LogP contribution in [0, 0.1) is 0 Å². The van der Waals surface area contributed by atoms with Crippen LogP contribution in [0.1, 0.15) is 0 Å². The average molecular weight is 379 g/mol. The molecule has 0 aliphatic rings. The molecule has 0 atom stereocenters. The lowest BCUT2D eigenvalue weighted by molar-refractivity contribution is 0.355. The first-order chi connectivity index (χ1) is 13.6. The number of para-hydroxylation sites is 2. The lowest BCUT2D eigenvalue weighted by atomic mass is 10.1. The highest BCUT2D eigenvalue weighted by Crippen LogP contribution is 2.38. The Morgan fingerprint density at radius 2 is 1.86 bits per heavy atom. The van der Waals surface area contributed by atoms with E-state index in [1.54, 1.807) is 49.5 Å². The van der Waals surface area contributed by atoms with Gasteiger partial charge in [-0.15, -0.1) is 0 Å². The molecule has 0 saturated heterocycles. The van der Waals surface area contributed by atoms with Crippen LogP contribution in [0.3, 0.4) is 0 Å². The molecule has 0 spiro atoms. The van der Waals surface area contributed by atoms with Crippen LogP contribution >= 0.6 is 0 Å². The number of aromatic nitrogens is 3. The molecule has 1 N–H and O–H groups in total. The van der Waals surface area contributed by atoms with Crippen LogP contribution < -0.4 is 15.0 Å². The van der Waals surface area contributed by atoms with E-state index < -0.39 is 5.56 Å². The minimum Gasteiger partial charge on any atom is -0.506 e. The first kappa shape index (κ1) is 17.6. The Kier molecular flexibility index (Phi) is 4.23. The SMILES string of the molecule is COc1cccc(-c2noc(-c3c(O)c4ccccc4n(C)c3=O)n2)c1OC. The summed E-state index contributed by atoms with van der Waals surface area (Å²) < 4.78 is 17.4. The maximum Gasteiger partial charge on any atom is 0.267 e. The molecule has 8 heteroatoms. The molecule has 0 fully saturated rings. The van der Waals surface area contributed by atoms with Crippen LogP contribution in [0.4, 0.5) is 0 Å². The number of methoxy groups -OCH3 is 2. The third kappa shape index (κ3) is 2.58. The molecular formula is C20H17N3O5. The number of benzene rings is 2. The van der Waals surface area contributed by atoms with Crippen LogP contribution in [0.15, 0.2) is 51.8 Å². The number of nitrogens with zero attached hydrogens (tertiary/aromatic N) is 3. The number of aromatic hydroxyl groups is 1. The van der Waals surface area contributed by atoms with Gasteiger partial charge in [-0.25, -0.2) is 0 Å². The van der Waals surface area contributed by atoms with Gasteiger partial charge < -0.3 is 23.7 Å². The Hall–Kier alpha value is -3.81.